The van der Waals surface area contributed by atoms with E-state index in [0.717, 1.165) is 141 Å². The van der Waals surface area contributed by atoms with Crippen molar-refractivity contribution in [2.75, 3.05) is 13.2 Å². The second-order valence-corrected chi connectivity index (χ2v) is 17.0. The van der Waals surface area contributed by atoms with Crippen LogP contribution in [-0.2, 0) is 28.6 Å². The van der Waals surface area contributed by atoms with E-state index in [-0.39, 0.29) is 31.1 Å². The van der Waals surface area contributed by atoms with Gasteiger partial charge in [0.15, 0.2) is 6.10 Å². The topological polar surface area (TPSA) is 78.9 Å². The lowest BCUT2D eigenvalue weighted by atomic mass is 10.1. The van der Waals surface area contributed by atoms with Gasteiger partial charge in [-0.3, -0.25) is 14.4 Å². The fourth-order valence-electron chi connectivity index (χ4n) is 6.84. The predicted molar refractivity (Wildman–Crippen MR) is 274 cm³/mol. The maximum Gasteiger partial charge on any atom is 0.306 e. The summed E-state index contributed by atoms with van der Waals surface area (Å²) in [5, 5.41) is 0. The Kier molecular flexibility index (Phi) is 49.0. The predicted octanol–water partition coefficient (Wildman–Crippen LogP) is 17.4. The van der Waals surface area contributed by atoms with Gasteiger partial charge in [0.1, 0.15) is 13.2 Å². The molecule has 0 amide bonds. The van der Waals surface area contributed by atoms with Crippen molar-refractivity contribution in [3.05, 3.63) is 97.2 Å². The Bertz CT molecular complexity index is 1300. The number of hydrogen-bond acceptors (Lipinski definition) is 6. The molecular formula is C58H96O6. The Labute approximate surface area is 394 Å². The van der Waals surface area contributed by atoms with Crippen LogP contribution in [0.4, 0.5) is 0 Å². The number of allylic oxidation sites excluding steroid dienone is 16. The van der Waals surface area contributed by atoms with Gasteiger partial charge >= 0.3 is 17.9 Å². The van der Waals surface area contributed by atoms with Crippen molar-refractivity contribution in [2.24, 2.45) is 0 Å². The number of hydrogen-bond donors (Lipinski definition) is 0. The molecule has 0 aromatic rings. The van der Waals surface area contributed by atoms with Crippen LogP contribution in [0, 0.1) is 0 Å². The number of unbranched alkanes of at least 4 members (excludes halogenated alkanes) is 19. The van der Waals surface area contributed by atoms with Crippen molar-refractivity contribution < 1.29 is 28.6 Å². The number of carbonyl (C=O) groups is 3. The lowest BCUT2D eigenvalue weighted by molar-refractivity contribution is -0.167. The Morgan fingerprint density at radius 2 is 0.641 bits per heavy atom. The molecule has 364 valence electrons. The summed E-state index contributed by atoms with van der Waals surface area (Å²) >= 11 is 0. The van der Waals surface area contributed by atoms with E-state index in [0.29, 0.717) is 19.3 Å². The van der Waals surface area contributed by atoms with Gasteiger partial charge in [-0.1, -0.05) is 201 Å². The minimum atomic E-state index is -0.790. The molecule has 0 spiro atoms. The van der Waals surface area contributed by atoms with Crippen LogP contribution in [0.15, 0.2) is 97.2 Å². The first kappa shape index (κ1) is 60.3. The molecule has 64 heavy (non-hydrogen) atoms. The van der Waals surface area contributed by atoms with Crippen LogP contribution in [0.5, 0.6) is 0 Å². The zero-order chi connectivity index (χ0) is 46.5. The summed E-state index contributed by atoms with van der Waals surface area (Å²) < 4.78 is 16.7. The average molecular weight is 889 g/mol. The third-order valence-corrected chi connectivity index (χ3v) is 10.8. The summed E-state index contributed by atoms with van der Waals surface area (Å²) in [5.41, 5.74) is 0. The van der Waals surface area contributed by atoms with Gasteiger partial charge in [0.05, 0.1) is 0 Å². The molecule has 1 unspecified atom stereocenters. The number of esters is 3. The molecular weight excluding hydrogens is 793 g/mol. The third kappa shape index (κ3) is 49.3. The number of ether oxygens (including phenoxy) is 3. The minimum absolute atomic E-state index is 0.0910. The monoisotopic (exact) mass is 889 g/mol. The SMILES string of the molecule is CC/C=C\C/C=C\C/C=C\C/C=C\C/C=C\C/C=C\CCCCCCCCC(=O)OCC(COC(=O)CCCCCCC/C=C\CCC)OC(=O)CCCCCCC/C=C\CCCC. The highest BCUT2D eigenvalue weighted by Gasteiger charge is 2.19. The summed E-state index contributed by atoms with van der Waals surface area (Å²) in [6.07, 6.45) is 68.3. The molecule has 0 aliphatic carbocycles. The fraction of sp³-hybridized carbons (Fsp3) is 0.672. The molecule has 0 aromatic heterocycles. The first-order valence-corrected chi connectivity index (χ1v) is 26.2. The molecule has 0 fully saturated rings. The number of rotatable bonds is 46. The van der Waals surface area contributed by atoms with Crippen LogP contribution in [0.2, 0.25) is 0 Å². The lowest BCUT2D eigenvalue weighted by Crippen LogP contribution is -2.30. The summed E-state index contributed by atoms with van der Waals surface area (Å²) in [4.78, 5) is 37.9. The molecule has 0 rings (SSSR count). The third-order valence-electron chi connectivity index (χ3n) is 10.8. The first-order valence-electron chi connectivity index (χ1n) is 26.2. The molecule has 0 N–H and O–H groups in total. The van der Waals surface area contributed by atoms with E-state index >= 15 is 0 Å². The molecule has 1 atom stereocenters. The maximum absolute atomic E-state index is 12.7. The molecule has 0 bridgehead atoms. The van der Waals surface area contributed by atoms with Crippen molar-refractivity contribution in [1.82, 2.24) is 0 Å². The standard InChI is InChI=1S/C58H96O6/c1-4-7-10-13-16-19-22-23-24-25-26-27-28-29-30-31-32-33-34-35-37-39-42-45-48-51-57(60)63-54-55(53-62-56(59)50-47-44-41-38-21-18-15-12-9-6-3)64-58(61)52-49-46-43-40-36-20-17-14-11-8-5-2/h7,10,12,14-17,19,23-24,26-27,29-30,32-33,55H,4-6,8-9,11,13,18,20-22,25,28,31,34-54H2,1-3H3/b10-7-,15-12-,17-14-,19-16-,24-23-,27-26-,30-29-,33-32-. The van der Waals surface area contributed by atoms with Crippen LogP contribution in [0.25, 0.3) is 0 Å². The Hall–Kier alpha value is -3.67. The van der Waals surface area contributed by atoms with Gasteiger partial charge in [0, 0.05) is 19.3 Å². The van der Waals surface area contributed by atoms with Gasteiger partial charge in [0.2, 0.25) is 0 Å². The molecule has 0 heterocycles. The molecule has 0 aromatic carbocycles. The highest BCUT2D eigenvalue weighted by Crippen LogP contribution is 2.13. The van der Waals surface area contributed by atoms with Gasteiger partial charge in [-0.15, -0.1) is 0 Å². The van der Waals surface area contributed by atoms with Crippen LogP contribution in [0.1, 0.15) is 233 Å². The molecule has 0 saturated carbocycles. The van der Waals surface area contributed by atoms with E-state index < -0.39 is 6.10 Å². The van der Waals surface area contributed by atoms with Gasteiger partial charge in [-0.25, -0.2) is 0 Å². The smallest absolute Gasteiger partial charge is 0.306 e. The molecule has 6 nitrogen and oxygen atoms in total. The van der Waals surface area contributed by atoms with E-state index in [2.05, 4.69) is 118 Å². The van der Waals surface area contributed by atoms with E-state index in [4.69, 9.17) is 14.2 Å². The van der Waals surface area contributed by atoms with Crippen molar-refractivity contribution in [1.29, 1.82) is 0 Å². The summed E-state index contributed by atoms with van der Waals surface area (Å²) in [5.74, 6) is -0.931. The number of carbonyl (C=O) groups excluding carboxylic acids is 3. The van der Waals surface area contributed by atoms with E-state index in [1.807, 2.05) is 0 Å². The average Bonchev–Trinajstić information content (AvgIpc) is 3.29. The highest BCUT2D eigenvalue weighted by molar-refractivity contribution is 5.71. The summed E-state index contributed by atoms with van der Waals surface area (Å²) in [6.45, 7) is 6.38. The normalized spacial score (nSPS) is 12.9. The summed E-state index contributed by atoms with van der Waals surface area (Å²) in [6, 6.07) is 0. The van der Waals surface area contributed by atoms with Crippen molar-refractivity contribution in [2.45, 2.75) is 239 Å². The van der Waals surface area contributed by atoms with Gasteiger partial charge < -0.3 is 14.2 Å². The Morgan fingerprint density at radius 1 is 0.328 bits per heavy atom. The van der Waals surface area contributed by atoms with Crippen molar-refractivity contribution >= 4 is 17.9 Å². The second-order valence-electron chi connectivity index (χ2n) is 17.0. The largest absolute Gasteiger partial charge is 0.462 e. The van der Waals surface area contributed by atoms with Crippen molar-refractivity contribution in [3.8, 4) is 0 Å². The fourth-order valence-corrected chi connectivity index (χ4v) is 6.84. The Morgan fingerprint density at radius 3 is 1.03 bits per heavy atom. The van der Waals surface area contributed by atoms with Crippen LogP contribution >= 0.6 is 0 Å². The minimum Gasteiger partial charge on any atom is -0.462 e. The zero-order valence-corrected chi connectivity index (χ0v) is 41.5. The van der Waals surface area contributed by atoms with Crippen LogP contribution in [-0.4, -0.2) is 37.2 Å². The lowest BCUT2D eigenvalue weighted by Gasteiger charge is -2.18. The van der Waals surface area contributed by atoms with Crippen LogP contribution in [0.3, 0.4) is 0 Å². The van der Waals surface area contributed by atoms with E-state index in [1.165, 1.54) is 51.4 Å². The molecule has 0 saturated heterocycles. The van der Waals surface area contributed by atoms with Crippen molar-refractivity contribution in [3.63, 3.8) is 0 Å². The zero-order valence-electron chi connectivity index (χ0n) is 41.5. The molecule has 6 heteroatoms. The molecule has 0 aliphatic heterocycles. The molecule has 0 aliphatic rings. The highest BCUT2D eigenvalue weighted by atomic mass is 16.6. The maximum atomic E-state index is 12.7. The quantitative estimate of drug-likeness (QED) is 0.0262. The van der Waals surface area contributed by atoms with Gasteiger partial charge in [-0.2, -0.15) is 0 Å². The van der Waals surface area contributed by atoms with E-state index in [9.17, 15) is 14.4 Å². The first-order chi connectivity index (χ1) is 31.5. The van der Waals surface area contributed by atoms with E-state index in [1.54, 1.807) is 0 Å². The van der Waals surface area contributed by atoms with Gasteiger partial charge in [0.25, 0.3) is 0 Å². The van der Waals surface area contributed by atoms with Gasteiger partial charge in [-0.05, 0) is 109 Å². The Balaban J connectivity index is 4.29. The summed E-state index contributed by atoms with van der Waals surface area (Å²) in [7, 11) is 0. The second kappa shape index (κ2) is 52.0. The van der Waals surface area contributed by atoms with Crippen LogP contribution < -0.4 is 0 Å². The molecule has 0 radical (unpaired) electrons.